The molecule has 1 fully saturated rings. The van der Waals surface area contributed by atoms with Crippen LogP contribution in [-0.4, -0.2) is 25.8 Å². The third-order valence-corrected chi connectivity index (χ3v) is 4.53. The van der Waals surface area contributed by atoms with Crippen LogP contribution in [0.4, 0.5) is 14.9 Å². The molecule has 126 valence electrons. The van der Waals surface area contributed by atoms with Gasteiger partial charge in [-0.1, -0.05) is 30.3 Å². The minimum Gasteiger partial charge on any atom is -0.381 e. The summed E-state index contributed by atoms with van der Waals surface area (Å²) in [7, 11) is 0. The molecule has 0 bridgehead atoms. The van der Waals surface area contributed by atoms with Crippen LogP contribution in [0.1, 0.15) is 18.4 Å². The summed E-state index contributed by atoms with van der Waals surface area (Å²) in [5, 5.41) is 5.68. The molecule has 3 rings (SSSR count). The van der Waals surface area contributed by atoms with Gasteiger partial charge < -0.3 is 15.4 Å². The highest BCUT2D eigenvalue weighted by molar-refractivity contribution is 5.89. The third-order valence-electron chi connectivity index (χ3n) is 4.53. The van der Waals surface area contributed by atoms with Gasteiger partial charge in [0.1, 0.15) is 5.82 Å². The molecule has 1 aliphatic rings. The largest absolute Gasteiger partial charge is 0.381 e. The van der Waals surface area contributed by atoms with E-state index in [0.717, 1.165) is 12.8 Å². The van der Waals surface area contributed by atoms with Crippen molar-refractivity contribution in [2.45, 2.75) is 18.3 Å². The van der Waals surface area contributed by atoms with Gasteiger partial charge in [0.15, 0.2) is 0 Å². The van der Waals surface area contributed by atoms with E-state index in [2.05, 4.69) is 22.8 Å². The van der Waals surface area contributed by atoms with E-state index in [1.807, 2.05) is 18.2 Å². The topological polar surface area (TPSA) is 50.4 Å². The van der Waals surface area contributed by atoms with Crippen molar-refractivity contribution in [3.05, 3.63) is 66.0 Å². The second kappa shape index (κ2) is 7.45. The van der Waals surface area contributed by atoms with E-state index >= 15 is 0 Å². The molecular weight excluding hydrogens is 307 g/mol. The van der Waals surface area contributed by atoms with Crippen molar-refractivity contribution in [3.63, 3.8) is 0 Å². The summed E-state index contributed by atoms with van der Waals surface area (Å²) in [6.07, 6.45) is 1.74. The molecule has 1 saturated heterocycles. The minimum atomic E-state index is -0.328. The average Bonchev–Trinajstić information content (AvgIpc) is 2.63. The van der Waals surface area contributed by atoms with Gasteiger partial charge in [-0.25, -0.2) is 9.18 Å². The Hall–Kier alpha value is -2.40. The fraction of sp³-hybridized carbons (Fsp3) is 0.316. The van der Waals surface area contributed by atoms with E-state index in [-0.39, 0.29) is 17.3 Å². The first-order valence-corrected chi connectivity index (χ1v) is 8.12. The smallest absolute Gasteiger partial charge is 0.319 e. The lowest BCUT2D eigenvalue weighted by atomic mass is 9.74. The molecular formula is C19H21FN2O2. The van der Waals surface area contributed by atoms with Gasteiger partial charge in [0.25, 0.3) is 0 Å². The zero-order chi connectivity index (χ0) is 16.8. The van der Waals surface area contributed by atoms with Crippen LogP contribution in [0.15, 0.2) is 54.6 Å². The Labute approximate surface area is 141 Å². The summed E-state index contributed by atoms with van der Waals surface area (Å²) in [4.78, 5) is 12.2. The molecule has 2 aromatic rings. The summed E-state index contributed by atoms with van der Waals surface area (Å²) >= 11 is 0. The van der Waals surface area contributed by atoms with Crippen molar-refractivity contribution in [2.75, 3.05) is 25.1 Å². The highest BCUT2D eigenvalue weighted by Crippen LogP contribution is 2.34. The van der Waals surface area contributed by atoms with Crippen LogP contribution in [0.25, 0.3) is 0 Å². The van der Waals surface area contributed by atoms with Crippen molar-refractivity contribution >= 4 is 11.7 Å². The van der Waals surface area contributed by atoms with Crippen molar-refractivity contribution in [2.24, 2.45) is 0 Å². The molecule has 0 unspecified atom stereocenters. The molecule has 0 aliphatic carbocycles. The van der Waals surface area contributed by atoms with Crippen LogP contribution in [0.5, 0.6) is 0 Å². The van der Waals surface area contributed by atoms with Gasteiger partial charge in [0, 0.05) is 30.9 Å². The molecule has 2 N–H and O–H groups in total. The lowest BCUT2D eigenvalue weighted by Gasteiger charge is -2.38. The first kappa shape index (κ1) is 16.5. The van der Waals surface area contributed by atoms with Crippen molar-refractivity contribution in [1.82, 2.24) is 5.32 Å². The van der Waals surface area contributed by atoms with Crippen molar-refractivity contribution in [3.8, 4) is 0 Å². The number of rotatable bonds is 4. The first-order chi connectivity index (χ1) is 11.7. The number of urea groups is 1. The molecule has 1 aliphatic heterocycles. The number of hydrogen-bond donors (Lipinski definition) is 2. The van der Waals surface area contributed by atoms with Crippen LogP contribution in [0.2, 0.25) is 0 Å². The third kappa shape index (κ3) is 3.92. The van der Waals surface area contributed by atoms with E-state index in [0.29, 0.717) is 25.4 Å². The maximum absolute atomic E-state index is 12.9. The number of benzene rings is 2. The van der Waals surface area contributed by atoms with Gasteiger partial charge in [0.05, 0.1) is 0 Å². The van der Waals surface area contributed by atoms with E-state index in [1.165, 1.54) is 29.8 Å². The molecule has 5 heteroatoms. The Morgan fingerprint density at radius 2 is 1.71 bits per heavy atom. The minimum absolute atomic E-state index is 0.111. The number of amides is 2. The Morgan fingerprint density at radius 1 is 1.04 bits per heavy atom. The van der Waals surface area contributed by atoms with Gasteiger partial charge >= 0.3 is 6.03 Å². The van der Waals surface area contributed by atoms with E-state index in [9.17, 15) is 9.18 Å². The van der Waals surface area contributed by atoms with Crippen molar-refractivity contribution < 1.29 is 13.9 Å². The number of nitrogens with one attached hydrogen (secondary N) is 2. The summed E-state index contributed by atoms with van der Waals surface area (Å²) in [6, 6.07) is 15.7. The summed E-state index contributed by atoms with van der Waals surface area (Å²) in [5.74, 6) is -0.328. The molecule has 0 saturated carbocycles. The highest BCUT2D eigenvalue weighted by Gasteiger charge is 2.34. The van der Waals surface area contributed by atoms with Gasteiger partial charge in [0.2, 0.25) is 0 Å². The van der Waals surface area contributed by atoms with E-state index in [1.54, 1.807) is 0 Å². The maximum Gasteiger partial charge on any atom is 0.319 e. The first-order valence-electron chi connectivity index (χ1n) is 8.12. The number of hydrogen-bond acceptors (Lipinski definition) is 2. The quantitative estimate of drug-likeness (QED) is 0.899. The Kier molecular flexibility index (Phi) is 5.11. The van der Waals surface area contributed by atoms with Crippen LogP contribution in [-0.2, 0) is 10.2 Å². The fourth-order valence-electron chi connectivity index (χ4n) is 3.08. The predicted octanol–water partition coefficient (Wildman–Crippen LogP) is 3.70. The van der Waals surface area contributed by atoms with Crippen LogP contribution in [0, 0.1) is 5.82 Å². The van der Waals surface area contributed by atoms with Crippen LogP contribution in [0.3, 0.4) is 0 Å². The zero-order valence-corrected chi connectivity index (χ0v) is 13.4. The SMILES string of the molecule is O=C(NCC1(c2ccccc2)CCOCC1)Nc1ccc(F)cc1. The number of ether oxygens (including phenoxy) is 1. The lowest BCUT2D eigenvalue weighted by molar-refractivity contribution is 0.0508. The zero-order valence-electron chi connectivity index (χ0n) is 13.4. The normalized spacial score (nSPS) is 16.4. The van der Waals surface area contributed by atoms with E-state index in [4.69, 9.17) is 4.74 Å². The molecule has 0 spiro atoms. The summed E-state index contributed by atoms with van der Waals surface area (Å²) in [5.41, 5.74) is 1.67. The van der Waals surface area contributed by atoms with Gasteiger partial charge in [-0.05, 0) is 42.7 Å². The molecule has 0 aromatic heterocycles. The van der Waals surface area contributed by atoms with Gasteiger partial charge in [-0.3, -0.25) is 0 Å². The molecule has 0 radical (unpaired) electrons. The number of carbonyl (C=O) groups is 1. The molecule has 2 aromatic carbocycles. The lowest BCUT2D eigenvalue weighted by Crippen LogP contribution is -2.45. The molecule has 4 nitrogen and oxygen atoms in total. The molecule has 2 amide bonds. The maximum atomic E-state index is 12.9. The number of halogens is 1. The van der Waals surface area contributed by atoms with Crippen LogP contribution < -0.4 is 10.6 Å². The van der Waals surface area contributed by atoms with Gasteiger partial charge in [-0.2, -0.15) is 0 Å². The fourth-order valence-corrected chi connectivity index (χ4v) is 3.08. The predicted molar refractivity (Wildman–Crippen MR) is 91.6 cm³/mol. The molecule has 0 atom stereocenters. The summed E-state index contributed by atoms with van der Waals surface area (Å²) in [6.45, 7) is 1.92. The number of anilines is 1. The Morgan fingerprint density at radius 3 is 2.38 bits per heavy atom. The summed E-state index contributed by atoms with van der Waals surface area (Å²) < 4.78 is 18.4. The molecule has 24 heavy (non-hydrogen) atoms. The molecule has 1 heterocycles. The second-order valence-corrected chi connectivity index (χ2v) is 6.07. The highest BCUT2D eigenvalue weighted by atomic mass is 19.1. The van der Waals surface area contributed by atoms with Crippen LogP contribution >= 0.6 is 0 Å². The van der Waals surface area contributed by atoms with Gasteiger partial charge in [-0.15, -0.1) is 0 Å². The van der Waals surface area contributed by atoms with Crippen molar-refractivity contribution in [1.29, 1.82) is 0 Å². The Balaban J connectivity index is 1.65. The van der Waals surface area contributed by atoms with E-state index < -0.39 is 0 Å². The standard InChI is InChI=1S/C19H21FN2O2/c20-16-6-8-17(9-7-16)22-18(23)21-14-19(10-12-24-13-11-19)15-4-2-1-3-5-15/h1-9H,10-14H2,(H2,21,22,23). The average molecular weight is 328 g/mol. The number of carbonyl (C=O) groups excluding carboxylic acids is 1. The Bertz CT molecular complexity index is 668. The second-order valence-electron chi connectivity index (χ2n) is 6.07. The monoisotopic (exact) mass is 328 g/mol.